The molecule has 0 radical (unpaired) electrons. The molecule has 5 atom stereocenters. The first-order chi connectivity index (χ1) is 12.0. The number of likely N-dealkylation sites (tertiary alicyclic amines) is 1. The predicted molar refractivity (Wildman–Crippen MR) is 88.5 cm³/mol. The Morgan fingerprint density at radius 2 is 2.20 bits per heavy atom. The van der Waals surface area contributed by atoms with Crippen LogP contribution in [0.3, 0.4) is 0 Å². The molecule has 132 valence electrons. The SMILES string of the molecule is C=CCN1CC[C@]23c4c5ccc(O)c4O[C@H]2C(=O)CC[C@@]3(O)[C@H]1[C@H]5O. The van der Waals surface area contributed by atoms with Gasteiger partial charge in [-0.3, -0.25) is 9.69 Å². The first-order valence-electron chi connectivity index (χ1n) is 8.77. The number of aliphatic hydroxyl groups is 2. The number of ketones is 1. The molecule has 6 heteroatoms. The van der Waals surface area contributed by atoms with Crippen LogP contribution >= 0.6 is 0 Å². The Morgan fingerprint density at radius 1 is 1.40 bits per heavy atom. The van der Waals surface area contributed by atoms with Crippen LogP contribution in [-0.4, -0.2) is 56.8 Å². The van der Waals surface area contributed by atoms with Gasteiger partial charge < -0.3 is 20.1 Å². The molecule has 3 N–H and O–H groups in total. The number of hydrogen-bond donors (Lipinski definition) is 3. The van der Waals surface area contributed by atoms with Gasteiger partial charge in [0.15, 0.2) is 23.4 Å². The lowest BCUT2D eigenvalue weighted by Crippen LogP contribution is -2.77. The fourth-order valence-electron chi connectivity index (χ4n) is 5.86. The number of hydrogen-bond acceptors (Lipinski definition) is 6. The van der Waals surface area contributed by atoms with Gasteiger partial charge >= 0.3 is 0 Å². The van der Waals surface area contributed by atoms with Crippen molar-refractivity contribution >= 4 is 5.78 Å². The average Bonchev–Trinajstić information content (AvgIpc) is 2.94. The van der Waals surface area contributed by atoms with Gasteiger partial charge in [-0.05, 0) is 24.5 Å². The van der Waals surface area contributed by atoms with Gasteiger partial charge in [0.25, 0.3) is 0 Å². The zero-order valence-electron chi connectivity index (χ0n) is 13.8. The number of piperidine rings is 1. The Hall–Kier alpha value is -1.89. The highest BCUT2D eigenvalue weighted by atomic mass is 16.5. The first-order valence-corrected chi connectivity index (χ1v) is 8.77. The molecule has 1 aromatic carbocycles. The molecular formula is C19H21NO5. The van der Waals surface area contributed by atoms with Crippen molar-refractivity contribution in [3.8, 4) is 11.5 Å². The number of Topliss-reactive ketones (excluding diaryl/α,β-unsaturated/α-hetero) is 1. The highest BCUT2D eigenvalue weighted by Gasteiger charge is 2.74. The Labute approximate surface area is 145 Å². The number of aliphatic hydroxyl groups excluding tert-OH is 1. The second kappa shape index (κ2) is 4.63. The highest BCUT2D eigenvalue weighted by molar-refractivity contribution is 5.90. The van der Waals surface area contributed by atoms with Gasteiger partial charge in [-0.2, -0.15) is 0 Å². The van der Waals surface area contributed by atoms with Crippen LogP contribution in [0.15, 0.2) is 24.8 Å². The van der Waals surface area contributed by atoms with Gasteiger partial charge in [-0.15, -0.1) is 6.58 Å². The van der Waals surface area contributed by atoms with Crippen molar-refractivity contribution in [2.75, 3.05) is 13.1 Å². The van der Waals surface area contributed by atoms with E-state index in [0.717, 1.165) is 0 Å². The molecule has 1 spiro atoms. The van der Waals surface area contributed by atoms with Gasteiger partial charge in [0.1, 0.15) is 0 Å². The summed E-state index contributed by atoms with van der Waals surface area (Å²) in [6, 6.07) is 2.66. The smallest absolute Gasteiger partial charge is 0.174 e. The van der Waals surface area contributed by atoms with Crippen molar-refractivity contribution in [3.05, 3.63) is 35.9 Å². The molecule has 2 aliphatic heterocycles. The summed E-state index contributed by atoms with van der Waals surface area (Å²) in [4.78, 5) is 14.7. The van der Waals surface area contributed by atoms with Gasteiger partial charge in [-0.25, -0.2) is 0 Å². The normalized spacial score (nSPS) is 41.2. The fourth-order valence-corrected chi connectivity index (χ4v) is 5.86. The largest absolute Gasteiger partial charge is 0.504 e. The van der Waals surface area contributed by atoms with Crippen LogP contribution in [0, 0.1) is 0 Å². The summed E-state index contributed by atoms with van der Waals surface area (Å²) in [5, 5.41) is 33.2. The minimum Gasteiger partial charge on any atom is -0.504 e. The number of phenolic OH excluding ortho intramolecular Hbond substituents is 1. The van der Waals surface area contributed by atoms with Crippen LogP contribution in [-0.2, 0) is 10.2 Å². The van der Waals surface area contributed by atoms with Crippen LogP contribution in [0.25, 0.3) is 0 Å². The van der Waals surface area contributed by atoms with E-state index in [1.54, 1.807) is 12.1 Å². The molecule has 2 bridgehead atoms. The van der Waals surface area contributed by atoms with Crippen molar-refractivity contribution in [2.45, 2.75) is 48.5 Å². The highest BCUT2D eigenvalue weighted by Crippen LogP contribution is 2.66. The Morgan fingerprint density at radius 3 is 2.96 bits per heavy atom. The molecule has 6 nitrogen and oxygen atoms in total. The van der Waals surface area contributed by atoms with Crippen LogP contribution in [0.5, 0.6) is 11.5 Å². The molecule has 1 aromatic rings. The molecule has 2 aliphatic carbocycles. The van der Waals surface area contributed by atoms with Crippen molar-refractivity contribution in [2.24, 2.45) is 0 Å². The monoisotopic (exact) mass is 343 g/mol. The lowest BCUT2D eigenvalue weighted by Gasteiger charge is -2.63. The quantitative estimate of drug-likeness (QED) is 0.688. The minimum atomic E-state index is -1.28. The van der Waals surface area contributed by atoms with E-state index in [9.17, 15) is 20.1 Å². The number of aromatic hydroxyl groups is 1. The number of rotatable bonds is 2. The molecule has 0 aromatic heterocycles. The Kier molecular flexibility index (Phi) is 2.85. The average molecular weight is 343 g/mol. The van der Waals surface area contributed by atoms with Gasteiger partial charge in [-0.1, -0.05) is 12.1 Å². The molecule has 2 heterocycles. The van der Waals surface area contributed by atoms with Crippen molar-refractivity contribution in [1.29, 1.82) is 0 Å². The van der Waals surface area contributed by atoms with Gasteiger partial charge in [0.05, 0.1) is 23.2 Å². The van der Waals surface area contributed by atoms with E-state index in [0.29, 0.717) is 30.6 Å². The molecule has 1 saturated carbocycles. The third kappa shape index (κ3) is 1.50. The Bertz CT molecular complexity index is 807. The second-order valence-electron chi connectivity index (χ2n) is 7.66. The van der Waals surface area contributed by atoms with E-state index in [1.165, 1.54) is 6.07 Å². The maximum Gasteiger partial charge on any atom is 0.174 e. The fraction of sp³-hybridized carbons (Fsp3) is 0.526. The van der Waals surface area contributed by atoms with E-state index < -0.39 is 29.3 Å². The standard InChI is InChI=1S/C19H21NO5/c1-2-8-20-9-7-18-13-10-3-4-11(21)15(13)25-17(18)12(22)5-6-19(18,24)16(20)14(10)23/h2-4,14,16-17,21,23-24H,1,5-9H2/t14-,16+,17-,18-,19+/m0/s1. The van der Waals surface area contributed by atoms with E-state index in [4.69, 9.17) is 4.74 Å². The zero-order chi connectivity index (χ0) is 17.6. The number of carbonyl (C=O) groups is 1. The molecule has 5 rings (SSSR count). The number of nitrogens with zero attached hydrogens (tertiary/aromatic N) is 1. The molecule has 0 amide bonds. The maximum atomic E-state index is 12.7. The number of benzene rings is 1. The van der Waals surface area contributed by atoms with Gasteiger partial charge in [0.2, 0.25) is 0 Å². The van der Waals surface area contributed by atoms with Gasteiger partial charge in [0, 0.05) is 25.1 Å². The molecular weight excluding hydrogens is 322 g/mol. The van der Waals surface area contributed by atoms with Crippen LogP contribution in [0.2, 0.25) is 0 Å². The third-order valence-corrected chi connectivity index (χ3v) is 6.77. The topological polar surface area (TPSA) is 90.2 Å². The zero-order valence-corrected chi connectivity index (χ0v) is 13.8. The third-order valence-electron chi connectivity index (χ3n) is 6.77. The molecule has 4 aliphatic rings. The van der Waals surface area contributed by atoms with Crippen molar-refractivity contribution in [1.82, 2.24) is 4.90 Å². The van der Waals surface area contributed by atoms with E-state index in [-0.39, 0.29) is 30.1 Å². The van der Waals surface area contributed by atoms with Crippen LogP contribution < -0.4 is 4.74 Å². The minimum absolute atomic E-state index is 0.0430. The summed E-state index contributed by atoms with van der Waals surface area (Å²) < 4.78 is 5.92. The van der Waals surface area contributed by atoms with Crippen LogP contribution in [0.1, 0.15) is 36.5 Å². The summed E-state index contributed by atoms with van der Waals surface area (Å²) in [5.74, 6) is 0.168. The maximum absolute atomic E-state index is 12.7. The van der Waals surface area contributed by atoms with Crippen LogP contribution in [0.4, 0.5) is 0 Å². The summed E-state index contributed by atoms with van der Waals surface area (Å²) in [6.07, 6.45) is 1.09. The summed E-state index contributed by atoms with van der Waals surface area (Å²) in [6.45, 7) is 4.97. The second-order valence-corrected chi connectivity index (χ2v) is 7.66. The summed E-state index contributed by atoms with van der Waals surface area (Å²) >= 11 is 0. The first kappa shape index (κ1) is 15.4. The molecule has 1 saturated heterocycles. The summed E-state index contributed by atoms with van der Waals surface area (Å²) in [7, 11) is 0. The van der Waals surface area contributed by atoms with E-state index in [2.05, 4.69) is 6.58 Å². The molecule has 2 fully saturated rings. The van der Waals surface area contributed by atoms with Crippen molar-refractivity contribution in [3.63, 3.8) is 0 Å². The van der Waals surface area contributed by atoms with E-state index in [1.807, 2.05) is 4.90 Å². The Balaban J connectivity index is 1.83. The number of carbonyl (C=O) groups excluding carboxylic acids is 1. The van der Waals surface area contributed by atoms with Crippen molar-refractivity contribution < 1.29 is 24.9 Å². The summed E-state index contributed by atoms with van der Waals surface area (Å²) in [5.41, 5.74) is -0.894. The number of ether oxygens (including phenoxy) is 1. The lowest BCUT2D eigenvalue weighted by molar-refractivity contribution is -0.209. The molecule has 25 heavy (non-hydrogen) atoms. The number of phenols is 1. The molecule has 0 unspecified atom stereocenters. The lowest BCUT2D eigenvalue weighted by atomic mass is 9.48. The predicted octanol–water partition coefficient (Wildman–Crippen LogP) is 0.792. The van der Waals surface area contributed by atoms with E-state index >= 15 is 0 Å².